The van der Waals surface area contributed by atoms with Gasteiger partial charge in [0.05, 0.1) is 4.91 Å². The third kappa shape index (κ3) is 5.02. The molecular weight excluding hydrogens is 348 g/mol. The predicted molar refractivity (Wildman–Crippen MR) is 108 cm³/mol. The van der Waals surface area contributed by atoms with Crippen LogP contribution in [-0.4, -0.2) is 61.0 Å². The maximum Gasteiger partial charge on any atom is 0.262 e. The molecule has 1 heterocycles. The average molecular weight is 379 g/mol. The monoisotopic (exact) mass is 378 g/mol. The van der Waals surface area contributed by atoms with Gasteiger partial charge >= 0.3 is 0 Å². The molecule has 26 heavy (non-hydrogen) atoms. The number of thioether (sulfide) groups is 1. The van der Waals surface area contributed by atoms with E-state index in [0.717, 1.165) is 27.3 Å². The second-order valence-electron chi connectivity index (χ2n) is 7.91. The first-order valence-electron chi connectivity index (χ1n) is 8.77. The molecule has 0 saturated carbocycles. The number of nitrogens with zero attached hydrogens (tertiary/aromatic N) is 2. The van der Waals surface area contributed by atoms with E-state index < -0.39 is 0 Å². The number of ether oxygens (including phenoxy) is 1. The largest absolute Gasteiger partial charge is 0.507 e. The van der Waals surface area contributed by atoms with Crippen molar-refractivity contribution in [2.45, 2.75) is 32.7 Å². The minimum Gasteiger partial charge on any atom is -0.507 e. The van der Waals surface area contributed by atoms with Gasteiger partial charge in [0, 0.05) is 37.1 Å². The van der Waals surface area contributed by atoms with Crippen molar-refractivity contribution in [1.29, 1.82) is 0 Å². The van der Waals surface area contributed by atoms with Gasteiger partial charge in [-0.1, -0.05) is 20.8 Å². The van der Waals surface area contributed by atoms with Crippen LogP contribution in [0.4, 0.5) is 0 Å². The lowest BCUT2D eigenvalue weighted by molar-refractivity contribution is -0.130. The van der Waals surface area contributed by atoms with Gasteiger partial charge in [-0.15, -0.1) is 11.8 Å². The summed E-state index contributed by atoms with van der Waals surface area (Å²) in [7, 11) is 5.55. The van der Waals surface area contributed by atoms with Crippen LogP contribution in [0.1, 0.15) is 37.5 Å². The van der Waals surface area contributed by atoms with Gasteiger partial charge in [-0.2, -0.15) is 0 Å². The number of phenols is 1. The van der Waals surface area contributed by atoms with Gasteiger partial charge in [-0.25, -0.2) is 0 Å². The summed E-state index contributed by atoms with van der Waals surface area (Å²) in [4.78, 5) is 17.1. The van der Waals surface area contributed by atoms with E-state index in [1.807, 2.05) is 37.2 Å². The molecule has 0 aliphatic carbocycles. The van der Waals surface area contributed by atoms with Crippen molar-refractivity contribution in [3.8, 4) is 5.75 Å². The van der Waals surface area contributed by atoms with Gasteiger partial charge < -0.3 is 19.6 Å². The summed E-state index contributed by atoms with van der Waals surface area (Å²) in [5, 5.41) is 10.7. The molecule has 1 N–H and O–H groups in total. The summed E-state index contributed by atoms with van der Waals surface area (Å²) in [6.07, 6.45) is 1.93. The summed E-state index contributed by atoms with van der Waals surface area (Å²) in [5.41, 5.74) is 2.52. The molecule has 5 nitrogen and oxygen atoms in total. The highest BCUT2D eigenvalue weighted by Crippen LogP contribution is 2.36. The molecule has 1 fully saturated rings. The number of methoxy groups -OCH3 is 1. The van der Waals surface area contributed by atoms with Crippen molar-refractivity contribution in [2.75, 3.05) is 40.2 Å². The third-order valence-electron chi connectivity index (χ3n) is 4.21. The number of hydrogen-bond donors (Lipinski definition) is 1. The van der Waals surface area contributed by atoms with Crippen LogP contribution < -0.4 is 0 Å². The van der Waals surface area contributed by atoms with Crippen molar-refractivity contribution in [1.82, 2.24) is 9.80 Å². The lowest BCUT2D eigenvalue weighted by Crippen LogP contribution is -2.38. The molecule has 1 aliphatic rings. The minimum atomic E-state index is -0.189. The van der Waals surface area contributed by atoms with E-state index in [1.54, 1.807) is 23.8 Å². The van der Waals surface area contributed by atoms with E-state index in [0.29, 0.717) is 25.6 Å². The molecule has 1 aliphatic heterocycles. The number of phenolic OH excluding ortho intramolecular Hbond substituents is 1. The average Bonchev–Trinajstić information content (AvgIpc) is 2.52. The number of rotatable bonds is 5. The Morgan fingerprint density at radius 3 is 2.62 bits per heavy atom. The topological polar surface area (TPSA) is 53.0 Å². The van der Waals surface area contributed by atoms with Crippen LogP contribution in [0, 0.1) is 0 Å². The van der Waals surface area contributed by atoms with E-state index in [4.69, 9.17) is 4.74 Å². The summed E-state index contributed by atoms with van der Waals surface area (Å²) in [6.45, 7) is 7.90. The molecule has 1 aromatic carbocycles. The highest BCUT2D eigenvalue weighted by molar-refractivity contribution is 8.04. The highest BCUT2D eigenvalue weighted by atomic mass is 32.2. The smallest absolute Gasteiger partial charge is 0.262 e. The number of aromatic hydroxyl groups is 1. The maximum atomic E-state index is 12.6. The van der Waals surface area contributed by atoms with E-state index in [-0.39, 0.29) is 11.3 Å². The van der Waals surface area contributed by atoms with Crippen LogP contribution in [0.2, 0.25) is 0 Å². The fourth-order valence-electron chi connectivity index (χ4n) is 2.95. The third-order valence-corrected chi connectivity index (χ3v) is 5.20. The van der Waals surface area contributed by atoms with Crippen LogP contribution in [0.15, 0.2) is 17.0 Å². The van der Waals surface area contributed by atoms with Crippen molar-refractivity contribution < 1.29 is 14.6 Å². The van der Waals surface area contributed by atoms with Gasteiger partial charge in [0.15, 0.2) is 0 Å². The van der Waals surface area contributed by atoms with Crippen molar-refractivity contribution in [2.24, 2.45) is 0 Å². The van der Waals surface area contributed by atoms with E-state index in [1.165, 1.54) is 0 Å². The standard InChI is InChI=1S/C20H30N2O3S/c1-20(2,3)16-10-14(9-15(18(16)23)12-21(4)5)11-17-19(24)22(13-25-6)7-8-26-17/h9-11,23H,7-8,12-13H2,1-6H3/b17-11+. The molecule has 0 spiro atoms. The normalized spacial score (nSPS) is 17.4. The maximum absolute atomic E-state index is 12.6. The summed E-state index contributed by atoms with van der Waals surface area (Å²) in [6, 6.07) is 3.96. The summed E-state index contributed by atoms with van der Waals surface area (Å²) < 4.78 is 5.12. The van der Waals surface area contributed by atoms with Crippen molar-refractivity contribution in [3.05, 3.63) is 33.7 Å². The SMILES string of the molecule is COCN1CCS/C(=C/c2cc(CN(C)C)c(O)c(C(C)(C)C)c2)C1=O. The summed E-state index contributed by atoms with van der Waals surface area (Å²) >= 11 is 1.57. The van der Waals surface area contributed by atoms with Crippen molar-refractivity contribution in [3.63, 3.8) is 0 Å². The zero-order valence-corrected chi connectivity index (χ0v) is 17.4. The molecule has 0 aromatic heterocycles. The first-order valence-corrected chi connectivity index (χ1v) is 9.76. The zero-order valence-electron chi connectivity index (χ0n) is 16.6. The number of hydrogen-bond acceptors (Lipinski definition) is 5. The van der Waals surface area contributed by atoms with Crippen LogP contribution in [0.25, 0.3) is 6.08 Å². The number of benzene rings is 1. The number of carbonyl (C=O) groups excluding carboxylic acids is 1. The van der Waals surface area contributed by atoms with E-state index >= 15 is 0 Å². The number of amides is 1. The molecule has 0 atom stereocenters. The molecule has 0 radical (unpaired) electrons. The molecule has 1 amide bonds. The second-order valence-corrected chi connectivity index (χ2v) is 9.04. The van der Waals surface area contributed by atoms with Gasteiger partial charge in [0.1, 0.15) is 12.5 Å². The van der Waals surface area contributed by atoms with Gasteiger partial charge in [0.2, 0.25) is 0 Å². The van der Waals surface area contributed by atoms with Gasteiger partial charge in [0.25, 0.3) is 5.91 Å². The molecule has 0 bridgehead atoms. The first-order chi connectivity index (χ1) is 12.1. The van der Waals surface area contributed by atoms with Crippen LogP contribution in [-0.2, 0) is 21.5 Å². The predicted octanol–water partition coefficient (Wildman–Crippen LogP) is 3.27. The second kappa shape index (κ2) is 8.46. The summed E-state index contributed by atoms with van der Waals surface area (Å²) in [5.74, 6) is 1.20. The van der Waals surface area contributed by atoms with E-state index in [2.05, 4.69) is 20.8 Å². The molecule has 1 saturated heterocycles. The van der Waals surface area contributed by atoms with Crippen LogP contribution >= 0.6 is 11.8 Å². The lowest BCUT2D eigenvalue weighted by atomic mass is 9.84. The Kier molecular flexibility index (Phi) is 6.77. The number of carbonyl (C=O) groups is 1. The Hall–Kier alpha value is -1.50. The Morgan fingerprint density at radius 2 is 2.04 bits per heavy atom. The fraction of sp³-hybridized carbons (Fsp3) is 0.550. The molecule has 6 heteroatoms. The molecular formula is C20H30N2O3S. The molecule has 1 aromatic rings. The Labute approximate surface area is 161 Å². The Balaban J connectivity index is 2.46. The molecule has 2 rings (SSSR count). The minimum absolute atomic E-state index is 0.00245. The lowest BCUT2D eigenvalue weighted by Gasteiger charge is -2.27. The van der Waals surface area contributed by atoms with Gasteiger partial charge in [-0.3, -0.25) is 4.79 Å². The fourth-order valence-corrected chi connectivity index (χ4v) is 3.96. The van der Waals surface area contributed by atoms with Crippen LogP contribution in [0.3, 0.4) is 0 Å². The van der Waals surface area contributed by atoms with Gasteiger partial charge in [-0.05, 0) is 43.3 Å². The van der Waals surface area contributed by atoms with Crippen molar-refractivity contribution >= 4 is 23.7 Å². The quantitative estimate of drug-likeness (QED) is 0.797. The highest BCUT2D eigenvalue weighted by Gasteiger charge is 2.25. The first kappa shape index (κ1) is 20.8. The Bertz CT molecular complexity index is 691. The van der Waals surface area contributed by atoms with Crippen LogP contribution in [0.5, 0.6) is 5.75 Å². The van der Waals surface area contributed by atoms with E-state index in [9.17, 15) is 9.90 Å². The molecule has 0 unspecified atom stereocenters. The Morgan fingerprint density at radius 1 is 1.35 bits per heavy atom. The zero-order chi connectivity index (χ0) is 19.5. The molecule has 144 valence electrons.